The van der Waals surface area contributed by atoms with Gasteiger partial charge in [-0.25, -0.2) is 9.07 Å². The third-order valence-corrected chi connectivity index (χ3v) is 5.41. The Morgan fingerprint density at radius 3 is 2.67 bits per heavy atom. The number of halogens is 2. The monoisotopic (exact) mass is 405 g/mol. The fourth-order valence-electron chi connectivity index (χ4n) is 2.34. The number of carbonyl (C=O) groups excluding carboxylic acids is 1. The predicted octanol–water partition coefficient (Wildman–Crippen LogP) is 3.88. The summed E-state index contributed by atoms with van der Waals surface area (Å²) in [4.78, 5) is 12.5. The van der Waals surface area contributed by atoms with Crippen LogP contribution in [-0.2, 0) is 4.79 Å². The van der Waals surface area contributed by atoms with Gasteiger partial charge < -0.3 is 11.2 Å². The number of amides is 1. The van der Waals surface area contributed by atoms with Crippen LogP contribution < -0.4 is 11.2 Å². The summed E-state index contributed by atoms with van der Waals surface area (Å²) in [7, 11) is 0. The second kappa shape index (κ2) is 7.98. The highest BCUT2D eigenvalue weighted by molar-refractivity contribution is 8.00. The molecule has 1 atom stereocenters. The molecule has 27 heavy (non-hydrogen) atoms. The van der Waals surface area contributed by atoms with Gasteiger partial charge in [0.2, 0.25) is 11.1 Å². The smallest absolute Gasteiger partial charge is 0.237 e. The standard InChI is InChI=1S/C18H17ClFN5OS/c1-10-14(19)4-3-5-15(10)22-17(26)11(2)27-18-24-23-16(25(18)21)12-6-8-13(20)9-7-12/h3-9,11H,21H2,1-2H3,(H,22,26)/t11-/m0/s1. The lowest BCUT2D eigenvalue weighted by Gasteiger charge is -2.13. The van der Waals surface area contributed by atoms with E-state index >= 15 is 0 Å². The molecule has 3 N–H and O–H groups in total. The molecule has 0 saturated heterocycles. The number of benzene rings is 2. The van der Waals surface area contributed by atoms with Gasteiger partial charge in [0.15, 0.2) is 5.82 Å². The van der Waals surface area contributed by atoms with Crippen LogP contribution in [0.1, 0.15) is 12.5 Å². The summed E-state index contributed by atoms with van der Waals surface area (Å²) in [6, 6.07) is 11.1. The van der Waals surface area contributed by atoms with Crippen molar-refractivity contribution in [2.45, 2.75) is 24.3 Å². The Morgan fingerprint density at radius 1 is 1.26 bits per heavy atom. The van der Waals surface area contributed by atoms with Crippen LogP contribution in [0.3, 0.4) is 0 Å². The lowest BCUT2D eigenvalue weighted by Crippen LogP contribution is -2.24. The van der Waals surface area contributed by atoms with Gasteiger partial charge in [0.05, 0.1) is 5.25 Å². The number of nitrogen functional groups attached to an aromatic ring is 1. The first-order chi connectivity index (χ1) is 12.9. The molecule has 2 aromatic carbocycles. The van der Waals surface area contributed by atoms with Crippen LogP contribution in [0.4, 0.5) is 10.1 Å². The second-order valence-electron chi connectivity index (χ2n) is 5.84. The third kappa shape index (κ3) is 4.23. The average molecular weight is 406 g/mol. The Kier molecular flexibility index (Phi) is 5.67. The Morgan fingerprint density at radius 2 is 1.96 bits per heavy atom. The summed E-state index contributed by atoms with van der Waals surface area (Å²) in [5.74, 6) is 5.87. The zero-order valence-electron chi connectivity index (χ0n) is 14.6. The van der Waals surface area contributed by atoms with Gasteiger partial charge in [-0.15, -0.1) is 10.2 Å². The first-order valence-electron chi connectivity index (χ1n) is 8.06. The Labute approximate surface area is 164 Å². The number of rotatable bonds is 5. The molecule has 1 aromatic heterocycles. The number of hydrogen-bond donors (Lipinski definition) is 2. The van der Waals surface area contributed by atoms with Gasteiger partial charge in [-0.1, -0.05) is 29.4 Å². The first-order valence-corrected chi connectivity index (χ1v) is 9.31. The summed E-state index contributed by atoms with van der Waals surface area (Å²) in [6.45, 7) is 3.58. The minimum absolute atomic E-state index is 0.211. The molecular weight excluding hydrogens is 389 g/mol. The lowest BCUT2D eigenvalue weighted by atomic mass is 10.2. The topological polar surface area (TPSA) is 85.8 Å². The molecule has 0 saturated carbocycles. The Hall–Kier alpha value is -2.58. The van der Waals surface area contributed by atoms with Crippen LogP contribution in [0.25, 0.3) is 11.4 Å². The van der Waals surface area contributed by atoms with E-state index in [4.69, 9.17) is 17.4 Å². The fraction of sp³-hybridized carbons (Fsp3) is 0.167. The molecule has 0 spiro atoms. The molecule has 9 heteroatoms. The van der Waals surface area contributed by atoms with Crippen molar-refractivity contribution in [1.82, 2.24) is 14.9 Å². The van der Waals surface area contributed by atoms with Crippen molar-refractivity contribution < 1.29 is 9.18 Å². The van der Waals surface area contributed by atoms with E-state index in [1.165, 1.54) is 28.6 Å². The highest BCUT2D eigenvalue weighted by Gasteiger charge is 2.20. The predicted molar refractivity (Wildman–Crippen MR) is 106 cm³/mol. The van der Waals surface area contributed by atoms with Gasteiger partial charge in [0.25, 0.3) is 0 Å². The van der Waals surface area contributed by atoms with E-state index in [-0.39, 0.29) is 11.7 Å². The van der Waals surface area contributed by atoms with E-state index in [9.17, 15) is 9.18 Å². The maximum atomic E-state index is 13.1. The lowest BCUT2D eigenvalue weighted by molar-refractivity contribution is -0.115. The van der Waals surface area contributed by atoms with Gasteiger partial charge in [0, 0.05) is 16.3 Å². The van der Waals surface area contributed by atoms with Crippen LogP contribution in [0.5, 0.6) is 0 Å². The molecule has 0 radical (unpaired) electrons. The number of nitrogens with one attached hydrogen (secondary N) is 1. The molecule has 0 bridgehead atoms. The minimum Gasteiger partial charge on any atom is -0.335 e. The van der Waals surface area contributed by atoms with E-state index in [1.54, 1.807) is 37.3 Å². The molecule has 0 aliphatic carbocycles. The zero-order valence-corrected chi connectivity index (χ0v) is 16.2. The molecule has 6 nitrogen and oxygen atoms in total. The Balaban J connectivity index is 1.72. The number of hydrogen-bond acceptors (Lipinski definition) is 5. The van der Waals surface area contributed by atoms with E-state index in [0.29, 0.717) is 27.3 Å². The van der Waals surface area contributed by atoms with Crippen LogP contribution in [-0.4, -0.2) is 26.0 Å². The molecule has 3 rings (SSSR count). The molecular formula is C18H17ClFN5OS. The van der Waals surface area contributed by atoms with E-state index < -0.39 is 5.25 Å². The SMILES string of the molecule is Cc1c(Cl)cccc1NC(=O)[C@H](C)Sc1nnc(-c2ccc(F)cc2)n1N. The van der Waals surface area contributed by atoms with Crippen LogP contribution in [0, 0.1) is 12.7 Å². The zero-order chi connectivity index (χ0) is 19.6. The largest absolute Gasteiger partial charge is 0.335 e. The van der Waals surface area contributed by atoms with Crippen molar-refractivity contribution in [1.29, 1.82) is 0 Å². The highest BCUT2D eigenvalue weighted by atomic mass is 35.5. The van der Waals surface area contributed by atoms with Crippen LogP contribution in [0.15, 0.2) is 47.6 Å². The van der Waals surface area contributed by atoms with Crippen molar-refractivity contribution >= 4 is 35.0 Å². The molecule has 1 heterocycles. The number of anilines is 1. The molecule has 0 unspecified atom stereocenters. The van der Waals surface area contributed by atoms with E-state index in [0.717, 1.165) is 5.56 Å². The summed E-state index contributed by atoms with van der Waals surface area (Å²) in [5, 5.41) is 11.4. The third-order valence-electron chi connectivity index (χ3n) is 3.94. The number of thioether (sulfide) groups is 1. The summed E-state index contributed by atoms with van der Waals surface area (Å²) >= 11 is 7.25. The second-order valence-corrected chi connectivity index (χ2v) is 7.56. The normalized spacial score (nSPS) is 12.0. The Bertz CT molecular complexity index is 976. The van der Waals surface area contributed by atoms with Crippen molar-refractivity contribution in [2.24, 2.45) is 0 Å². The highest BCUT2D eigenvalue weighted by Crippen LogP contribution is 2.27. The summed E-state index contributed by atoms with van der Waals surface area (Å²) < 4.78 is 14.4. The van der Waals surface area contributed by atoms with Gasteiger partial charge in [-0.3, -0.25) is 4.79 Å². The van der Waals surface area contributed by atoms with Gasteiger partial charge in [0.1, 0.15) is 5.82 Å². The van der Waals surface area contributed by atoms with Crippen molar-refractivity contribution in [2.75, 3.05) is 11.2 Å². The van der Waals surface area contributed by atoms with Gasteiger partial charge >= 0.3 is 0 Å². The van der Waals surface area contributed by atoms with Gasteiger partial charge in [-0.2, -0.15) is 0 Å². The number of nitrogens with two attached hydrogens (primary N) is 1. The van der Waals surface area contributed by atoms with Crippen molar-refractivity contribution in [3.63, 3.8) is 0 Å². The number of aromatic nitrogens is 3. The first kappa shape index (κ1) is 19.2. The summed E-state index contributed by atoms with van der Waals surface area (Å²) in [6.07, 6.45) is 0. The quantitative estimate of drug-likeness (QED) is 0.497. The number of carbonyl (C=O) groups is 1. The van der Waals surface area contributed by atoms with Crippen LogP contribution >= 0.6 is 23.4 Å². The number of nitrogens with zero attached hydrogens (tertiary/aromatic N) is 3. The maximum absolute atomic E-state index is 13.1. The molecule has 140 valence electrons. The molecule has 0 aliphatic rings. The molecule has 3 aromatic rings. The van der Waals surface area contributed by atoms with Gasteiger partial charge in [-0.05, 0) is 55.8 Å². The molecule has 0 fully saturated rings. The average Bonchev–Trinajstić information content (AvgIpc) is 3.00. The fourth-order valence-corrected chi connectivity index (χ4v) is 3.29. The van der Waals surface area contributed by atoms with E-state index in [2.05, 4.69) is 15.5 Å². The van der Waals surface area contributed by atoms with Crippen LogP contribution in [0.2, 0.25) is 5.02 Å². The van der Waals surface area contributed by atoms with Crippen molar-refractivity contribution in [3.8, 4) is 11.4 Å². The molecule has 0 aliphatic heterocycles. The van der Waals surface area contributed by atoms with E-state index in [1.807, 2.05) is 6.92 Å². The molecule has 1 amide bonds. The summed E-state index contributed by atoms with van der Waals surface area (Å²) in [5.41, 5.74) is 2.08. The maximum Gasteiger partial charge on any atom is 0.237 e. The van der Waals surface area contributed by atoms with Crippen molar-refractivity contribution in [3.05, 3.63) is 58.9 Å². The minimum atomic E-state index is -0.476.